The minimum absolute atomic E-state index is 0.00675. The summed E-state index contributed by atoms with van der Waals surface area (Å²) in [5.41, 5.74) is 0.565. The highest BCUT2D eigenvalue weighted by atomic mass is 79.9. The first-order chi connectivity index (χ1) is 9.08. The quantitative estimate of drug-likeness (QED) is 0.865. The highest BCUT2D eigenvalue weighted by Gasteiger charge is 2.08. The summed E-state index contributed by atoms with van der Waals surface area (Å²) in [7, 11) is 0. The Kier molecular flexibility index (Phi) is 4.55. The second-order valence-corrected chi connectivity index (χ2v) is 5.37. The summed E-state index contributed by atoms with van der Waals surface area (Å²) in [5.74, 6) is -0.394. The maximum Gasteiger partial charge on any atom is 0.354 e. The first-order valence-corrected chi connectivity index (χ1v) is 6.92. The fourth-order valence-electron chi connectivity index (χ4n) is 1.45. The van der Waals surface area contributed by atoms with Crippen LogP contribution in [0.15, 0.2) is 45.3 Å². The summed E-state index contributed by atoms with van der Waals surface area (Å²) in [6, 6.07) is 10.4. The van der Waals surface area contributed by atoms with Crippen LogP contribution in [0.25, 0.3) is 0 Å². The van der Waals surface area contributed by atoms with Gasteiger partial charge in [-0.2, -0.15) is 0 Å². The summed E-state index contributed by atoms with van der Waals surface area (Å²) in [6.07, 6.45) is 0. The van der Waals surface area contributed by atoms with Crippen LogP contribution >= 0.6 is 31.9 Å². The maximum atomic E-state index is 10.8. The number of pyridine rings is 1. The highest BCUT2D eigenvalue weighted by molar-refractivity contribution is 9.11. The van der Waals surface area contributed by atoms with E-state index in [-0.39, 0.29) is 12.3 Å². The second-order valence-electron chi connectivity index (χ2n) is 3.66. The molecule has 1 heterocycles. The number of benzene rings is 1. The number of aromatic nitrogens is 1. The Morgan fingerprint density at radius 1 is 1.16 bits per heavy atom. The number of carboxylic acids is 1. The van der Waals surface area contributed by atoms with E-state index in [1.807, 2.05) is 18.2 Å². The van der Waals surface area contributed by atoms with Crippen molar-refractivity contribution in [3.63, 3.8) is 0 Å². The lowest BCUT2D eigenvalue weighted by atomic mass is 10.3. The van der Waals surface area contributed by atoms with E-state index in [2.05, 4.69) is 36.8 Å². The summed E-state index contributed by atoms with van der Waals surface area (Å²) in [5, 5.41) is 8.86. The van der Waals surface area contributed by atoms with Gasteiger partial charge in [-0.05, 0) is 56.1 Å². The molecule has 0 bridgehead atoms. The molecule has 0 saturated carbocycles. The van der Waals surface area contributed by atoms with Gasteiger partial charge in [-0.15, -0.1) is 0 Å². The number of ether oxygens (including phenoxy) is 1. The molecule has 0 amide bonds. The topological polar surface area (TPSA) is 59.4 Å². The molecule has 0 aliphatic heterocycles. The predicted molar refractivity (Wildman–Crippen MR) is 77.4 cm³/mol. The molecule has 0 fully saturated rings. The fraction of sp³-hybridized carbons (Fsp3) is 0.0769. The van der Waals surface area contributed by atoms with Crippen molar-refractivity contribution in [1.29, 1.82) is 0 Å². The number of aromatic carboxylic acids is 1. The van der Waals surface area contributed by atoms with Gasteiger partial charge in [0.25, 0.3) is 0 Å². The standard InChI is InChI=1S/C13H9Br2NO3/c14-9-4-2-5-10(15)12(9)19-7-8-3-1-6-11(16-8)13(17)18/h1-6H,7H2,(H,17,18). The number of nitrogens with zero attached hydrogens (tertiary/aromatic N) is 1. The predicted octanol–water partition coefficient (Wildman–Crippen LogP) is 3.88. The van der Waals surface area contributed by atoms with Crippen LogP contribution in [0.2, 0.25) is 0 Å². The van der Waals surface area contributed by atoms with E-state index >= 15 is 0 Å². The zero-order valence-electron chi connectivity index (χ0n) is 9.64. The molecule has 0 atom stereocenters. The third kappa shape index (κ3) is 3.54. The molecule has 19 heavy (non-hydrogen) atoms. The van der Waals surface area contributed by atoms with Gasteiger partial charge in [0.15, 0.2) is 0 Å². The van der Waals surface area contributed by atoms with Crippen LogP contribution < -0.4 is 4.74 Å². The number of carboxylic acid groups (broad SMARTS) is 1. The molecule has 4 nitrogen and oxygen atoms in total. The second kappa shape index (κ2) is 6.16. The average molecular weight is 387 g/mol. The fourth-order valence-corrected chi connectivity index (χ4v) is 2.67. The molecular formula is C13H9Br2NO3. The number of carbonyl (C=O) groups is 1. The normalized spacial score (nSPS) is 10.2. The van der Waals surface area contributed by atoms with Gasteiger partial charge < -0.3 is 9.84 Å². The van der Waals surface area contributed by atoms with Gasteiger partial charge >= 0.3 is 5.97 Å². The van der Waals surface area contributed by atoms with E-state index in [1.54, 1.807) is 12.1 Å². The van der Waals surface area contributed by atoms with E-state index < -0.39 is 5.97 Å². The molecule has 1 N–H and O–H groups in total. The van der Waals surface area contributed by atoms with Crippen molar-refractivity contribution < 1.29 is 14.6 Å². The molecule has 0 spiro atoms. The van der Waals surface area contributed by atoms with Crippen molar-refractivity contribution >= 4 is 37.8 Å². The van der Waals surface area contributed by atoms with Crippen LogP contribution in [-0.2, 0) is 6.61 Å². The highest BCUT2D eigenvalue weighted by Crippen LogP contribution is 2.33. The van der Waals surface area contributed by atoms with Gasteiger partial charge in [-0.3, -0.25) is 0 Å². The van der Waals surface area contributed by atoms with Crippen LogP contribution in [0, 0.1) is 0 Å². The molecule has 6 heteroatoms. The third-order valence-electron chi connectivity index (χ3n) is 2.31. The monoisotopic (exact) mass is 385 g/mol. The Morgan fingerprint density at radius 2 is 1.79 bits per heavy atom. The van der Waals surface area contributed by atoms with Crippen LogP contribution in [0.4, 0.5) is 0 Å². The zero-order valence-corrected chi connectivity index (χ0v) is 12.8. The molecule has 2 aromatic rings. The third-order valence-corrected chi connectivity index (χ3v) is 3.56. The number of halogens is 2. The van der Waals surface area contributed by atoms with E-state index in [4.69, 9.17) is 9.84 Å². The van der Waals surface area contributed by atoms with Crippen LogP contribution in [0.5, 0.6) is 5.75 Å². The molecule has 98 valence electrons. The molecule has 0 aliphatic carbocycles. The zero-order chi connectivity index (χ0) is 13.8. The Labute approximate surface area is 126 Å². The van der Waals surface area contributed by atoms with Gasteiger partial charge in [0.1, 0.15) is 18.1 Å². The molecule has 1 aromatic heterocycles. The number of para-hydroxylation sites is 1. The average Bonchev–Trinajstić information content (AvgIpc) is 2.38. The first-order valence-electron chi connectivity index (χ1n) is 5.34. The molecular weight excluding hydrogens is 378 g/mol. The van der Waals surface area contributed by atoms with Gasteiger partial charge in [-0.25, -0.2) is 9.78 Å². The Balaban J connectivity index is 2.15. The Morgan fingerprint density at radius 3 is 2.42 bits per heavy atom. The van der Waals surface area contributed by atoms with Crippen LogP contribution in [0.1, 0.15) is 16.2 Å². The molecule has 0 unspecified atom stereocenters. The van der Waals surface area contributed by atoms with Gasteiger partial charge in [0.05, 0.1) is 14.6 Å². The van der Waals surface area contributed by atoms with E-state index in [1.165, 1.54) is 6.07 Å². The largest absolute Gasteiger partial charge is 0.485 e. The summed E-state index contributed by atoms with van der Waals surface area (Å²) < 4.78 is 7.27. The molecule has 0 saturated heterocycles. The van der Waals surface area contributed by atoms with E-state index in [9.17, 15) is 4.79 Å². The van der Waals surface area contributed by atoms with Crippen LogP contribution in [-0.4, -0.2) is 16.1 Å². The van der Waals surface area contributed by atoms with Crippen molar-refractivity contribution in [3.8, 4) is 5.75 Å². The number of hydrogen-bond acceptors (Lipinski definition) is 3. The van der Waals surface area contributed by atoms with Gasteiger partial charge in [-0.1, -0.05) is 12.1 Å². The maximum absolute atomic E-state index is 10.8. The lowest BCUT2D eigenvalue weighted by Gasteiger charge is -2.09. The molecule has 1 aromatic carbocycles. The Hall–Kier alpha value is -1.40. The number of rotatable bonds is 4. The first kappa shape index (κ1) is 14.0. The van der Waals surface area contributed by atoms with Crippen molar-refractivity contribution in [3.05, 3.63) is 56.7 Å². The SMILES string of the molecule is O=C(O)c1cccc(COc2c(Br)cccc2Br)n1. The van der Waals surface area contributed by atoms with Gasteiger partial charge in [0.2, 0.25) is 0 Å². The van der Waals surface area contributed by atoms with Gasteiger partial charge in [0, 0.05) is 0 Å². The van der Waals surface area contributed by atoms with Crippen molar-refractivity contribution in [1.82, 2.24) is 4.98 Å². The lowest BCUT2D eigenvalue weighted by molar-refractivity contribution is 0.0690. The Bertz CT molecular complexity index is 596. The van der Waals surface area contributed by atoms with E-state index in [0.29, 0.717) is 11.4 Å². The van der Waals surface area contributed by atoms with Crippen molar-refractivity contribution in [2.45, 2.75) is 6.61 Å². The van der Waals surface area contributed by atoms with Crippen molar-refractivity contribution in [2.24, 2.45) is 0 Å². The molecule has 0 radical (unpaired) electrons. The lowest BCUT2D eigenvalue weighted by Crippen LogP contribution is -2.05. The smallest absolute Gasteiger partial charge is 0.354 e. The summed E-state index contributed by atoms with van der Waals surface area (Å²) >= 11 is 6.78. The molecule has 0 aliphatic rings. The number of hydrogen-bond donors (Lipinski definition) is 1. The summed E-state index contributed by atoms with van der Waals surface area (Å²) in [4.78, 5) is 14.8. The minimum atomic E-state index is -1.05. The summed E-state index contributed by atoms with van der Waals surface area (Å²) in [6.45, 7) is 0.197. The van der Waals surface area contributed by atoms with Crippen LogP contribution in [0.3, 0.4) is 0 Å². The van der Waals surface area contributed by atoms with Crippen molar-refractivity contribution in [2.75, 3.05) is 0 Å². The van der Waals surface area contributed by atoms with E-state index in [0.717, 1.165) is 8.95 Å². The minimum Gasteiger partial charge on any atom is -0.485 e. The molecule has 2 rings (SSSR count).